The van der Waals surface area contributed by atoms with E-state index in [0.29, 0.717) is 26.1 Å². The molecule has 0 saturated carbocycles. The Kier molecular flexibility index (Phi) is 12.5. The number of hydrogen-bond donors (Lipinski definition) is 1. The van der Waals surface area contributed by atoms with Crippen molar-refractivity contribution in [1.29, 1.82) is 0 Å². The zero-order chi connectivity index (χ0) is 19.2. The summed E-state index contributed by atoms with van der Waals surface area (Å²) in [5.74, 6) is 0.322. The van der Waals surface area contributed by atoms with E-state index in [4.69, 9.17) is 5.11 Å². The summed E-state index contributed by atoms with van der Waals surface area (Å²) in [5.41, 5.74) is 0.822. The van der Waals surface area contributed by atoms with Gasteiger partial charge < -0.3 is 7.96 Å². The van der Waals surface area contributed by atoms with E-state index in [9.17, 15) is 0 Å². The van der Waals surface area contributed by atoms with Crippen molar-refractivity contribution in [1.82, 2.24) is 0 Å². The Bertz CT molecular complexity index is 451. The normalized spacial score (nSPS) is 12.7. The number of para-hydroxylation sites is 1. The van der Waals surface area contributed by atoms with Gasteiger partial charge >= 0.3 is 48.9 Å². The molecule has 3 heteroatoms. The van der Waals surface area contributed by atoms with Gasteiger partial charge in [0, 0.05) is 9.49 Å². The van der Waals surface area contributed by atoms with Crippen molar-refractivity contribution in [2.24, 2.45) is 10.8 Å². The maximum absolute atomic E-state index is 8.63. The summed E-state index contributed by atoms with van der Waals surface area (Å²) >= 11 is 2.16. The molecule has 0 spiro atoms. The van der Waals surface area contributed by atoms with Crippen LogP contribution >= 0.6 is 11.8 Å². The number of phenols is 1. The maximum Gasteiger partial charge on any atom is 2.00 e. The Morgan fingerprint density at radius 2 is 1.04 bits per heavy atom. The molecule has 0 aromatic heterocycles. The number of benzene rings is 1. The fourth-order valence-corrected chi connectivity index (χ4v) is 6.31. The van der Waals surface area contributed by atoms with Gasteiger partial charge in [0.05, 0.1) is 0 Å². The molecule has 25 heavy (non-hydrogen) atoms. The van der Waals surface area contributed by atoms with Crippen LogP contribution in [0.25, 0.3) is 0 Å². The van der Waals surface area contributed by atoms with Crippen LogP contribution in [0.4, 0.5) is 0 Å². The molecule has 0 fully saturated rings. The van der Waals surface area contributed by atoms with E-state index in [-0.39, 0.29) is 51.7 Å². The summed E-state index contributed by atoms with van der Waals surface area (Å²) in [4.78, 5) is 0. The largest absolute Gasteiger partial charge is 2.00 e. The molecule has 0 aliphatic rings. The summed E-state index contributed by atoms with van der Waals surface area (Å²) in [6, 6.07) is 8.71. The molecule has 0 radical (unpaired) electrons. The van der Waals surface area contributed by atoms with Gasteiger partial charge in [0.1, 0.15) is 5.75 Å². The summed E-state index contributed by atoms with van der Waals surface area (Å²) in [6.07, 6.45) is 2.52. The minimum atomic E-state index is 0. The van der Waals surface area contributed by atoms with Crippen molar-refractivity contribution in [3.8, 4) is 5.75 Å². The van der Waals surface area contributed by atoms with Crippen LogP contribution in [0, 0.1) is 10.8 Å². The van der Waals surface area contributed by atoms with E-state index in [1.54, 1.807) is 24.3 Å². The van der Waals surface area contributed by atoms with Gasteiger partial charge in [-0.1, -0.05) is 87.4 Å². The third kappa shape index (κ3) is 18.1. The van der Waals surface area contributed by atoms with Crippen LogP contribution in [-0.4, -0.2) is 63.5 Å². The van der Waals surface area contributed by atoms with E-state index in [1.807, 2.05) is 6.07 Å². The smallest absolute Gasteiger partial charge is 1.00 e. The molecule has 144 valence electrons. The van der Waals surface area contributed by atoms with E-state index in [1.165, 1.54) is 12.8 Å². The molecule has 1 aromatic carbocycles. The Morgan fingerprint density at radius 1 is 0.720 bits per heavy atom. The van der Waals surface area contributed by atoms with Gasteiger partial charge in [0.25, 0.3) is 0 Å². The van der Waals surface area contributed by atoms with Crippen molar-refractivity contribution >= 4 is 60.6 Å². The first-order chi connectivity index (χ1) is 10.5. The zero-order valence-corrected chi connectivity index (χ0v) is 23.6. The van der Waals surface area contributed by atoms with Crippen LogP contribution in [0.5, 0.6) is 5.75 Å². The van der Waals surface area contributed by atoms with Gasteiger partial charge in [-0.15, -0.1) is 11.8 Å². The third-order valence-electron chi connectivity index (χ3n) is 3.22. The van der Waals surface area contributed by atoms with Gasteiger partial charge in [-0.25, -0.2) is 0 Å². The molecule has 0 unspecified atom stereocenters. The fourth-order valence-electron chi connectivity index (χ4n) is 3.80. The van der Waals surface area contributed by atoms with Gasteiger partial charge in [-0.3, -0.25) is 0 Å². The molecule has 0 bridgehead atoms. The Morgan fingerprint density at radius 3 is 1.24 bits per heavy atom. The maximum atomic E-state index is 8.63. The second-order valence-electron chi connectivity index (χ2n) is 10.4. The Balaban J connectivity index is -0.000000224. The number of hydrogen-bond acceptors (Lipinski definition) is 2. The number of thioether (sulfide) groups is 1. The second kappa shape index (κ2) is 11.1. The Hall–Kier alpha value is 0.941. The second-order valence-corrected chi connectivity index (χ2v) is 12.8. The van der Waals surface area contributed by atoms with Crippen LogP contribution in [0.3, 0.4) is 0 Å². The van der Waals surface area contributed by atoms with Crippen LogP contribution in [0.1, 0.15) is 84.9 Å². The molecule has 1 nitrogen and oxygen atoms in total. The summed E-state index contributed by atoms with van der Waals surface area (Å²) < 4.78 is 0.708. The number of phenolic OH excluding ortho intramolecular Hbond substituents is 1. The molecule has 0 aliphatic carbocycles. The van der Waals surface area contributed by atoms with E-state index >= 15 is 0 Å². The quantitative estimate of drug-likeness (QED) is 0.443. The molecule has 0 atom stereocenters. The predicted octanol–water partition coefficient (Wildman–Crippen LogP) is 7.39. The summed E-state index contributed by atoms with van der Waals surface area (Å²) in [6.45, 7) is 23.6. The van der Waals surface area contributed by atoms with Gasteiger partial charge in [0.2, 0.25) is 0 Å². The summed E-state index contributed by atoms with van der Waals surface area (Å²) in [5, 5.41) is 8.63. The van der Waals surface area contributed by atoms with Crippen molar-refractivity contribution in [3.63, 3.8) is 0 Å². The molecule has 0 saturated heterocycles. The monoisotopic (exact) mass is 492 g/mol. The molecule has 1 N–H and O–H groups in total. The fraction of sp³-hybridized carbons (Fsp3) is 0.727. The van der Waals surface area contributed by atoms with E-state index < -0.39 is 0 Å². The molecular weight excluding hydrogens is 450 g/mol. The number of aromatic hydroxyl groups is 1. The third-order valence-corrected chi connectivity index (χ3v) is 4.61. The minimum absolute atomic E-state index is 0. The molecule has 1 rings (SSSR count). The zero-order valence-electron chi connectivity index (χ0n) is 20.4. The van der Waals surface area contributed by atoms with Crippen LogP contribution in [0.15, 0.2) is 30.3 Å². The summed E-state index contributed by atoms with van der Waals surface area (Å²) in [7, 11) is 0. The standard InChI is InChI=1S/C16H34S.C6H6O.Ba.2H/c1-13(2,3)11-15(7,8)17-16(9,10)12-14(4,5)6;7-6-4-2-1-3-5-6;;;/h11-12H2,1-10H3;1-5,7H;;;/q;;+2;2*-1. The Labute approximate surface area is 205 Å². The first-order valence-electron chi connectivity index (χ1n) is 8.96. The molecule has 0 heterocycles. The average molecular weight is 492 g/mol. The molecule has 0 aliphatic heterocycles. The van der Waals surface area contributed by atoms with Crippen LogP contribution in [-0.2, 0) is 0 Å². The topological polar surface area (TPSA) is 20.2 Å². The SMILES string of the molecule is CC(C)(C)CC(C)(C)SC(C)(C)CC(C)(C)C.Oc1ccccc1.[Ba+2].[H-].[H-]. The van der Waals surface area contributed by atoms with E-state index in [2.05, 4.69) is 81.0 Å². The van der Waals surface area contributed by atoms with Gasteiger partial charge in [-0.05, 0) is 35.8 Å². The van der Waals surface area contributed by atoms with Crippen molar-refractivity contribution in [2.45, 2.75) is 91.6 Å². The number of rotatable bonds is 4. The van der Waals surface area contributed by atoms with Crippen molar-refractivity contribution in [2.75, 3.05) is 0 Å². The predicted molar refractivity (Wildman–Crippen MR) is 120 cm³/mol. The van der Waals surface area contributed by atoms with Gasteiger partial charge in [0.15, 0.2) is 0 Å². The van der Waals surface area contributed by atoms with E-state index in [0.717, 1.165) is 0 Å². The first kappa shape index (κ1) is 28.2. The van der Waals surface area contributed by atoms with Crippen LogP contribution in [0.2, 0.25) is 0 Å². The minimum Gasteiger partial charge on any atom is -1.00 e. The molecular formula is C22H42BaOS. The first-order valence-corrected chi connectivity index (χ1v) is 9.77. The van der Waals surface area contributed by atoms with Crippen molar-refractivity contribution < 1.29 is 7.96 Å². The van der Waals surface area contributed by atoms with Gasteiger partial charge in [-0.2, -0.15) is 0 Å². The van der Waals surface area contributed by atoms with Crippen molar-refractivity contribution in [3.05, 3.63) is 30.3 Å². The molecule has 0 amide bonds. The van der Waals surface area contributed by atoms with Crippen LogP contribution < -0.4 is 0 Å². The molecule has 1 aromatic rings. The average Bonchev–Trinajstić information content (AvgIpc) is 2.21.